The van der Waals surface area contributed by atoms with E-state index in [4.69, 9.17) is 0 Å². The highest BCUT2D eigenvalue weighted by atomic mass is 32.1. The number of hydrogen-bond donors (Lipinski definition) is 1. The van der Waals surface area contributed by atoms with Gasteiger partial charge in [-0.05, 0) is 25.1 Å². The van der Waals surface area contributed by atoms with Gasteiger partial charge in [-0.1, -0.05) is 20.8 Å². The summed E-state index contributed by atoms with van der Waals surface area (Å²) in [5.41, 5.74) is -0.579. The summed E-state index contributed by atoms with van der Waals surface area (Å²) >= 11 is 2.95. The third-order valence-corrected chi connectivity index (χ3v) is 4.63. The normalized spacial score (nSPS) is 14.0. The van der Waals surface area contributed by atoms with Crippen molar-refractivity contribution in [2.75, 3.05) is 0 Å². The van der Waals surface area contributed by atoms with Crippen LogP contribution in [0.5, 0.6) is 0 Å². The molecule has 0 saturated heterocycles. The fourth-order valence-electron chi connectivity index (χ4n) is 1.52. The Balaban J connectivity index is 2.45. The molecule has 0 aliphatic carbocycles. The third kappa shape index (κ3) is 3.55. The number of hydrogen-bond acceptors (Lipinski definition) is 4. The number of H-pyrrole nitrogens is 1. The van der Waals surface area contributed by atoms with E-state index in [2.05, 4.69) is 4.98 Å². The topological polar surface area (TPSA) is 49.9 Å². The first-order chi connectivity index (χ1) is 9.25. The lowest BCUT2D eigenvalue weighted by Gasteiger charge is -2.12. The van der Waals surface area contributed by atoms with Crippen LogP contribution in [0.2, 0.25) is 0 Å². The molecule has 0 radical (unpaired) electrons. The summed E-state index contributed by atoms with van der Waals surface area (Å²) in [5.74, 6) is 0.00789. The highest BCUT2D eigenvalue weighted by Crippen LogP contribution is 2.15. The van der Waals surface area contributed by atoms with Crippen LogP contribution in [0.3, 0.4) is 0 Å². The molecular formula is C15H17NO2S2. The van der Waals surface area contributed by atoms with Crippen LogP contribution in [-0.4, -0.2) is 10.8 Å². The van der Waals surface area contributed by atoms with Crippen molar-refractivity contribution in [3.8, 4) is 0 Å². The number of thiophene rings is 1. The second-order valence-corrected chi connectivity index (χ2v) is 8.04. The first kappa shape index (κ1) is 14.9. The van der Waals surface area contributed by atoms with E-state index in [1.807, 2.05) is 45.9 Å². The number of rotatable bonds is 2. The second kappa shape index (κ2) is 5.50. The van der Waals surface area contributed by atoms with Crippen molar-refractivity contribution in [2.24, 2.45) is 5.41 Å². The van der Waals surface area contributed by atoms with Crippen molar-refractivity contribution < 1.29 is 4.79 Å². The first-order valence-electron chi connectivity index (χ1n) is 6.29. The Morgan fingerprint density at radius 1 is 1.25 bits per heavy atom. The zero-order chi connectivity index (χ0) is 14.9. The molecule has 0 atom stereocenters. The van der Waals surface area contributed by atoms with Gasteiger partial charge in [0.1, 0.15) is 0 Å². The molecule has 3 nitrogen and oxygen atoms in total. The Morgan fingerprint density at radius 3 is 2.50 bits per heavy atom. The molecule has 20 heavy (non-hydrogen) atoms. The molecule has 0 amide bonds. The average molecular weight is 307 g/mol. The minimum atomic E-state index is -0.435. The van der Waals surface area contributed by atoms with Gasteiger partial charge in [0, 0.05) is 21.2 Å². The molecule has 2 aromatic heterocycles. The van der Waals surface area contributed by atoms with E-state index in [9.17, 15) is 9.59 Å². The van der Waals surface area contributed by atoms with Crippen LogP contribution < -0.4 is 14.8 Å². The van der Waals surface area contributed by atoms with E-state index in [0.717, 1.165) is 4.88 Å². The van der Waals surface area contributed by atoms with Crippen molar-refractivity contribution in [1.82, 2.24) is 4.98 Å². The lowest BCUT2D eigenvalue weighted by atomic mass is 9.91. The number of ketones is 1. The van der Waals surface area contributed by atoms with Crippen LogP contribution >= 0.6 is 22.7 Å². The first-order valence-corrected chi connectivity index (χ1v) is 7.92. The summed E-state index contributed by atoms with van der Waals surface area (Å²) in [4.78, 5) is 28.8. The molecule has 0 bridgehead atoms. The van der Waals surface area contributed by atoms with E-state index in [1.54, 1.807) is 11.3 Å². The van der Waals surface area contributed by atoms with Gasteiger partial charge in [0.25, 0.3) is 5.56 Å². The van der Waals surface area contributed by atoms with E-state index in [-0.39, 0.29) is 11.3 Å². The van der Waals surface area contributed by atoms with Crippen LogP contribution in [0.4, 0.5) is 0 Å². The Labute approximate surface area is 125 Å². The molecule has 0 spiro atoms. The molecule has 0 aliphatic rings. The smallest absolute Gasteiger partial charge is 0.266 e. The summed E-state index contributed by atoms with van der Waals surface area (Å²) in [6.45, 7) is 7.61. The summed E-state index contributed by atoms with van der Waals surface area (Å²) in [5, 5.41) is 0. The Morgan fingerprint density at radius 2 is 1.95 bits per heavy atom. The van der Waals surface area contributed by atoms with Crippen LogP contribution in [0.15, 0.2) is 16.9 Å². The van der Waals surface area contributed by atoms with Crippen molar-refractivity contribution >= 4 is 40.6 Å². The second-order valence-electron chi connectivity index (χ2n) is 5.64. The number of thiazole rings is 1. The molecule has 0 unspecified atom stereocenters. The van der Waals surface area contributed by atoms with E-state index in [1.165, 1.54) is 22.3 Å². The molecule has 5 heteroatoms. The zero-order valence-electron chi connectivity index (χ0n) is 11.9. The SMILES string of the molecule is Cc1ccc(/C=c2\s/c(=C\C(=O)C(C)(C)C)[nH]c2=O)s1. The number of aromatic nitrogens is 1. The van der Waals surface area contributed by atoms with Gasteiger partial charge in [-0.2, -0.15) is 0 Å². The summed E-state index contributed by atoms with van der Waals surface area (Å²) in [7, 11) is 0. The number of aromatic amines is 1. The molecule has 2 heterocycles. The Hall–Kier alpha value is -1.46. The molecular weight excluding hydrogens is 290 g/mol. The molecule has 2 rings (SSSR count). The van der Waals surface area contributed by atoms with Crippen LogP contribution in [-0.2, 0) is 4.79 Å². The quantitative estimate of drug-likeness (QED) is 0.923. The van der Waals surface area contributed by atoms with Gasteiger partial charge in [0.2, 0.25) is 0 Å². The van der Waals surface area contributed by atoms with Gasteiger partial charge in [0.05, 0.1) is 9.20 Å². The van der Waals surface area contributed by atoms with Crippen LogP contribution in [0, 0.1) is 12.3 Å². The van der Waals surface area contributed by atoms with Crippen molar-refractivity contribution in [3.63, 3.8) is 0 Å². The van der Waals surface area contributed by atoms with Crippen molar-refractivity contribution in [1.29, 1.82) is 0 Å². The predicted molar refractivity (Wildman–Crippen MR) is 85.7 cm³/mol. The number of aryl methyl sites for hydroxylation is 1. The highest BCUT2D eigenvalue weighted by Gasteiger charge is 2.18. The third-order valence-electron chi connectivity index (χ3n) is 2.72. The van der Waals surface area contributed by atoms with Gasteiger partial charge in [0.15, 0.2) is 5.78 Å². The predicted octanol–water partition coefficient (Wildman–Crippen LogP) is 2.03. The minimum absolute atomic E-state index is 0.00789. The minimum Gasteiger partial charge on any atom is -0.313 e. The lowest BCUT2D eigenvalue weighted by Crippen LogP contribution is -2.21. The van der Waals surface area contributed by atoms with Crippen molar-refractivity contribution in [3.05, 3.63) is 41.4 Å². The molecule has 0 saturated carbocycles. The van der Waals surface area contributed by atoms with Crippen molar-refractivity contribution in [2.45, 2.75) is 27.7 Å². The molecule has 0 aliphatic heterocycles. The van der Waals surface area contributed by atoms with Gasteiger partial charge < -0.3 is 4.98 Å². The van der Waals surface area contributed by atoms with E-state index in [0.29, 0.717) is 9.20 Å². The molecule has 0 fully saturated rings. The van der Waals surface area contributed by atoms with Gasteiger partial charge >= 0.3 is 0 Å². The fourth-order valence-corrected chi connectivity index (χ4v) is 3.29. The highest BCUT2D eigenvalue weighted by molar-refractivity contribution is 7.13. The van der Waals surface area contributed by atoms with E-state index < -0.39 is 5.41 Å². The standard InChI is InChI=1S/C15H17NO2S2/c1-9-5-6-10(19-9)7-11-14(18)16-13(20-11)8-12(17)15(2,3)4/h5-8H,1-4H3,(H,16,18)/b11-7-,13-8-. The van der Waals surface area contributed by atoms with Gasteiger partial charge in [-0.15, -0.1) is 22.7 Å². The summed E-state index contributed by atoms with van der Waals surface area (Å²) < 4.78 is 1.23. The molecule has 2 aromatic rings. The monoisotopic (exact) mass is 307 g/mol. The van der Waals surface area contributed by atoms with Gasteiger partial charge in [-0.3, -0.25) is 9.59 Å². The summed E-state index contributed by atoms with van der Waals surface area (Å²) in [6, 6.07) is 4.01. The molecule has 106 valence electrons. The maximum Gasteiger partial charge on any atom is 0.266 e. The molecule has 0 aromatic carbocycles. The Kier molecular flexibility index (Phi) is 4.11. The zero-order valence-corrected chi connectivity index (χ0v) is 13.6. The van der Waals surface area contributed by atoms with Gasteiger partial charge in [-0.25, -0.2) is 0 Å². The fraction of sp³-hybridized carbons (Fsp3) is 0.333. The van der Waals surface area contributed by atoms with Crippen LogP contribution in [0.1, 0.15) is 30.5 Å². The number of carbonyl (C=O) groups excluding carboxylic acids is 1. The average Bonchev–Trinajstić information content (AvgIpc) is 2.86. The Bertz CT molecular complexity index is 800. The maximum absolute atomic E-state index is 11.9. The molecule has 1 N–H and O–H groups in total. The van der Waals surface area contributed by atoms with E-state index >= 15 is 0 Å². The number of nitrogens with one attached hydrogen (secondary N) is 1. The summed E-state index contributed by atoms with van der Waals surface area (Å²) in [6.07, 6.45) is 3.38. The number of Topliss-reactive ketones (excluding diaryl/α,β-unsaturated/α-hetero) is 1. The largest absolute Gasteiger partial charge is 0.313 e. The van der Waals surface area contributed by atoms with Crippen LogP contribution in [0.25, 0.3) is 12.2 Å². The lowest BCUT2D eigenvalue weighted by molar-refractivity contribution is -0.119. The number of carbonyl (C=O) groups is 1. The maximum atomic E-state index is 11.9.